The molecule has 0 spiro atoms. The number of nitrogens with zero attached hydrogens (tertiary/aromatic N) is 4. The summed E-state index contributed by atoms with van der Waals surface area (Å²) < 4.78 is 1.93. The molecular weight excluding hydrogens is 226 g/mol. The fourth-order valence-corrected chi connectivity index (χ4v) is 1.94. The Hall–Kier alpha value is -0.970. The number of unbranched alkanes of at least 4 members (excludes halogenated alkanes) is 5. The van der Waals surface area contributed by atoms with Gasteiger partial charge in [-0.25, -0.2) is 4.68 Å². The van der Waals surface area contributed by atoms with Crippen LogP contribution in [0.5, 0.6) is 0 Å². The van der Waals surface area contributed by atoms with E-state index in [0.29, 0.717) is 0 Å². The van der Waals surface area contributed by atoms with Crippen molar-refractivity contribution < 1.29 is 0 Å². The quantitative estimate of drug-likeness (QED) is 0.616. The van der Waals surface area contributed by atoms with E-state index in [0.717, 1.165) is 31.9 Å². The number of tetrazole rings is 1. The molecule has 0 fully saturated rings. The highest BCUT2D eigenvalue weighted by Crippen LogP contribution is 2.06. The molecule has 0 aromatic carbocycles. The van der Waals surface area contributed by atoms with Crippen molar-refractivity contribution >= 4 is 0 Å². The maximum Gasteiger partial charge on any atom is 0.165 e. The molecule has 5 heteroatoms. The summed E-state index contributed by atoms with van der Waals surface area (Å²) in [4.78, 5) is 0. The van der Waals surface area contributed by atoms with Crippen molar-refractivity contribution in [3.8, 4) is 0 Å². The van der Waals surface area contributed by atoms with Crippen LogP contribution in [0, 0.1) is 0 Å². The Balaban J connectivity index is 2.15. The van der Waals surface area contributed by atoms with Crippen LogP contribution in [-0.2, 0) is 13.1 Å². The minimum Gasteiger partial charge on any atom is -0.310 e. The largest absolute Gasteiger partial charge is 0.310 e. The van der Waals surface area contributed by atoms with Crippen LogP contribution in [0.1, 0.15) is 64.6 Å². The smallest absolute Gasteiger partial charge is 0.165 e. The molecule has 1 heterocycles. The van der Waals surface area contributed by atoms with Crippen molar-refractivity contribution in [2.45, 2.75) is 71.9 Å². The summed E-state index contributed by atoms with van der Waals surface area (Å²) in [5.41, 5.74) is 0. The standard InChI is InChI=1S/C13H27N5/c1-3-5-6-7-8-9-11-18-13(15-16-17-18)12-14-10-4-2/h14H,3-12H2,1-2H3. The van der Waals surface area contributed by atoms with E-state index < -0.39 is 0 Å². The molecule has 18 heavy (non-hydrogen) atoms. The Bertz CT molecular complexity index is 297. The van der Waals surface area contributed by atoms with Crippen molar-refractivity contribution in [3.05, 3.63) is 5.82 Å². The van der Waals surface area contributed by atoms with E-state index in [4.69, 9.17) is 0 Å². The Labute approximate surface area is 110 Å². The lowest BCUT2D eigenvalue weighted by molar-refractivity contribution is 0.493. The van der Waals surface area contributed by atoms with Crippen LogP contribution in [0.15, 0.2) is 0 Å². The molecule has 0 saturated heterocycles. The normalized spacial score (nSPS) is 11.0. The molecule has 1 aromatic heterocycles. The summed E-state index contributed by atoms with van der Waals surface area (Å²) in [6, 6.07) is 0. The first kappa shape index (κ1) is 15.1. The van der Waals surface area contributed by atoms with Crippen LogP contribution in [0.3, 0.4) is 0 Å². The van der Waals surface area contributed by atoms with Gasteiger partial charge < -0.3 is 5.32 Å². The van der Waals surface area contributed by atoms with Gasteiger partial charge >= 0.3 is 0 Å². The summed E-state index contributed by atoms with van der Waals surface area (Å²) in [5, 5.41) is 15.2. The maximum atomic E-state index is 4.06. The molecular formula is C13H27N5. The summed E-state index contributed by atoms with van der Waals surface area (Å²) in [6.07, 6.45) is 8.95. The summed E-state index contributed by atoms with van der Waals surface area (Å²) in [6.45, 7) is 7.14. The number of aryl methyl sites for hydroxylation is 1. The van der Waals surface area contributed by atoms with Gasteiger partial charge in [0.25, 0.3) is 0 Å². The first-order chi connectivity index (χ1) is 8.88. The van der Waals surface area contributed by atoms with Gasteiger partial charge in [-0.15, -0.1) is 5.10 Å². The van der Waals surface area contributed by atoms with Crippen LogP contribution < -0.4 is 5.32 Å². The summed E-state index contributed by atoms with van der Waals surface area (Å²) in [7, 11) is 0. The SMILES string of the molecule is CCCCCCCCn1nnnc1CNCCC. The molecule has 0 amide bonds. The molecule has 1 rings (SSSR count). The van der Waals surface area contributed by atoms with Crippen LogP contribution in [0.4, 0.5) is 0 Å². The lowest BCUT2D eigenvalue weighted by atomic mass is 10.1. The molecule has 1 N–H and O–H groups in total. The number of hydrogen-bond donors (Lipinski definition) is 1. The second kappa shape index (κ2) is 10.00. The Morgan fingerprint density at radius 1 is 1.00 bits per heavy atom. The first-order valence-electron chi connectivity index (χ1n) is 7.34. The summed E-state index contributed by atoms with van der Waals surface area (Å²) >= 11 is 0. The minimum atomic E-state index is 0.774. The van der Waals surface area contributed by atoms with Gasteiger partial charge in [-0.1, -0.05) is 46.0 Å². The lowest BCUT2D eigenvalue weighted by Crippen LogP contribution is -2.18. The van der Waals surface area contributed by atoms with Crippen molar-refractivity contribution in [1.82, 2.24) is 25.5 Å². The van der Waals surface area contributed by atoms with Crippen LogP contribution in [0.2, 0.25) is 0 Å². The van der Waals surface area contributed by atoms with Crippen molar-refractivity contribution in [1.29, 1.82) is 0 Å². The molecule has 1 aromatic rings. The molecule has 104 valence electrons. The van der Waals surface area contributed by atoms with E-state index in [1.54, 1.807) is 0 Å². The fraction of sp³-hybridized carbons (Fsp3) is 0.923. The monoisotopic (exact) mass is 253 g/mol. The second-order valence-electron chi connectivity index (χ2n) is 4.76. The highest BCUT2D eigenvalue weighted by molar-refractivity contribution is 4.79. The van der Waals surface area contributed by atoms with Crippen molar-refractivity contribution in [3.63, 3.8) is 0 Å². The van der Waals surface area contributed by atoms with Crippen molar-refractivity contribution in [2.24, 2.45) is 0 Å². The van der Waals surface area contributed by atoms with Gasteiger partial charge in [0.2, 0.25) is 0 Å². The van der Waals surface area contributed by atoms with Crippen molar-refractivity contribution in [2.75, 3.05) is 6.54 Å². The maximum absolute atomic E-state index is 4.06. The average molecular weight is 253 g/mol. The number of aromatic nitrogens is 4. The van der Waals surface area contributed by atoms with Gasteiger partial charge in [-0.05, 0) is 29.8 Å². The third kappa shape index (κ3) is 6.10. The lowest BCUT2D eigenvalue weighted by Gasteiger charge is -2.05. The highest BCUT2D eigenvalue weighted by atomic mass is 15.5. The van der Waals surface area contributed by atoms with E-state index in [1.165, 1.54) is 38.5 Å². The van der Waals surface area contributed by atoms with Gasteiger partial charge in [0.1, 0.15) is 0 Å². The van der Waals surface area contributed by atoms with E-state index in [1.807, 2.05) is 4.68 Å². The average Bonchev–Trinajstić information content (AvgIpc) is 2.82. The number of hydrogen-bond acceptors (Lipinski definition) is 4. The third-order valence-electron chi connectivity index (χ3n) is 3.04. The molecule has 0 atom stereocenters. The number of rotatable bonds is 11. The zero-order valence-electron chi connectivity index (χ0n) is 11.9. The van der Waals surface area contributed by atoms with Gasteiger partial charge in [-0.2, -0.15) is 0 Å². The van der Waals surface area contributed by atoms with E-state index >= 15 is 0 Å². The van der Waals surface area contributed by atoms with Crippen LogP contribution in [0.25, 0.3) is 0 Å². The molecule has 0 aliphatic heterocycles. The molecule has 0 aliphatic carbocycles. The van der Waals surface area contributed by atoms with Crippen LogP contribution in [-0.4, -0.2) is 26.8 Å². The third-order valence-corrected chi connectivity index (χ3v) is 3.04. The Morgan fingerprint density at radius 2 is 1.78 bits per heavy atom. The van der Waals surface area contributed by atoms with Gasteiger partial charge in [-0.3, -0.25) is 0 Å². The van der Waals surface area contributed by atoms with E-state index in [-0.39, 0.29) is 0 Å². The summed E-state index contributed by atoms with van der Waals surface area (Å²) in [5.74, 6) is 0.956. The highest BCUT2D eigenvalue weighted by Gasteiger charge is 2.04. The zero-order valence-corrected chi connectivity index (χ0v) is 11.9. The fourth-order valence-electron chi connectivity index (χ4n) is 1.94. The molecule has 0 bridgehead atoms. The predicted molar refractivity (Wildman–Crippen MR) is 73.2 cm³/mol. The van der Waals surface area contributed by atoms with E-state index in [2.05, 4.69) is 34.7 Å². The first-order valence-corrected chi connectivity index (χ1v) is 7.34. The molecule has 0 unspecified atom stereocenters. The Kier molecular flexibility index (Phi) is 8.38. The van der Waals surface area contributed by atoms with Gasteiger partial charge in [0, 0.05) is 6.54 Å². The minimum absolute atomic E-state index is 0.774. The predicted octanol–water partition coefficient (Wildman–Crippen LogP) is 2.53. The Morgan fingerprint density at radius 3 is 2.56 bits per heavy atom. The second-order valence-corrected chi connectivity index (χ2v) is 4.76. The van der Waals surface area contributed by atoms with Gasteiger partial charge in [0.05, 0.1) is 6.54 Å². The molecule has 0 radical (unpaired) electrons. The molecule has 0 saturated carbocycles. The van der Waals surface area contributed by atoms with E-state index in [9.17, 15) is 0 Å². The van der Waals surface area contributed by atoms with Crippen LogP contribution >= 0.6 is 0 Å². The zero-order chi connectivity index (χ0) is 13.1. The van der Waals surface area contributed by atoms with Gasteiger partial charge in [0.15, 0.2) is 5.82 Å². The molecule has 5 nitrogen and oxygen atoms in total. The number of nitrogens with one attached hydrogen (secondary N) is 1. The molecule has 0 aliphatic rings. The topological polar surface area (TPSA) is 55.6 Å².